The first-order chi connectivity index (χ1) is 10.2. The van der Waals surface area contributed by atoms with Crippen molar-refractivity contribution < 1.29 is 19.0 Å². The molecule has 22 heavy (non-hydrogen) atoms. The summed E-state index contributed by atoms with van der Waals surface area (Å²) in [6, 6.07) is 0. The van der Waals surface area contributed by atoms with Gasteiger partial charge < -0.3 is 9.84 Å². The van der Waals surface area contributed by atoms with Gasteiger partial charge in [-0.25, -0.2) is 4.79 Å². The molecule has 3 nitrogen and oxygen atoms in total. The van der Waals surface area contributed by atoms with Gasteiger partial charge in [-0.2, -0.15) is 4.39 Å². The van der Waals surface area contributed by atoms with Crippen molar-refractivity contribution in [2.24, 2.45) is 5.92 Å². The normalized spacial score (nSPS) is 16.9. The van der Waals surface area contributed by atoms with Crippen molar-refractivity contribution in [2.45, 2.75) is 53.6 Å². The fraction of sp³-hybridized carbons (Fsp3) is 0.588. The molecule has 0 saturated heterocycles. The van der Waals surface area contributed by atoms with Crippen molar-refractivity contribution in [3.8, 4) is 0 Å². The SMILES string of the molecule is CCOC(=O)/C(F)=C/C(C)=C/C(C)C(O)CC/C(C)=C(/C)I. The first-order valence-electron chi connectivity index (χ1n) is 7.41. The smallest absolute Gasteiger partial charge is 0.367 e. The zero-order valence-electron chi connectivity index (χ0n) is 14.0. The molecule has 0 aliphatic rings. The average Bonchev–Trinajstić information content (AvgIpc) is 2.43. The molecule has 0 heterocycles. The summed E-state index contributed by atoms with van der Waals surface area (Å²) in [5.41, 5.74) is 1.86. The van der Waals surface area contributed by atoms with Gasteiger partial charge in [-0.1, -0.05) is 24.1 Å². The lowest BCUT2D eigenvalue weighted by Crippen LogP contribution is -2.16. The Morgan fingerprint density at radius 2 is 1.95 bits per heavy atom. The quantitative estimate of drug-likeness (QED) is 0.262. The van der Waals surface area contributed by atoms with Crippen LogP contribution in [0.25, 0.3) is 0 Å². The predicted octanol–water partition coefficient (Wildman–Crippen LogP) is 4.86. The van der Waals surface area contributed by atoms with Crippen LogP contribution in [0.1, 0.15) is 47.5 Å². The molecule has 0 aliphatic heterocycles. The molecular weight excluding hydrogens is 398 g/mol. The zero-order valence-corrected chi connectivity index (χ0v) is 16.1. The van der Waals surface area contributed by atoms with Gasteiger partial charge in [0.15, 0.2) is 0 Å². The number of allylic oxidation sites excluding steroid dienone is 4. The van der Waals surface area contributed by atoms with Gasteiger partial charge in [-0.05, 0) is 72.8 Å². The van der Waals surface area contributed by atoms with E-state index in [0.717, 1.165) is 12.5 Å². The average molecular weight is 424 g/mol. The van der Waals surface area contributed by atoms with E-state index in [-0.39, 0.29) is 12.5 Å². The highest BCUT2D eigenvalue weighted by Crippen LogP contribution is 2.20. The fourth-order valence-corrected chi connectivity index (χ4v) is 2.10. The summed E-state index contributed by atoms with van der Waals surface area (Å²) in [6.07, 6.45) is 3.89. The maximum Gasteiger partial charge on any atom is 0.367 e. The third kappa shape index (κ3) is 8.68. The second-order valence-electron chi connectivity index (χ2n) is 5.40. The van der Waals surface area contributed by atoms with Gasteiger partial charge in [0.05, 0.1) is 12.7 Å². The monoisotopic (exact) mass is 424 g/mol. The maximum absolute atomic E-state index is 13.5. The van der Waals surface area contributed by atoms with E-state index in [4.69, 9.17) is 0 Å². The van der Waals surface area contributed by atoms with Crippen LogP contribution < -0.4 is 0 Å². The van der Waals surface area contributed by atoms with Gasteiger partial charge in [0.1, 0.15) is 0 Å². The van der Waals surface area contributed by atoms with E-state index in [1.807, 2.05) is 13.8 Å². The second kappa shape index (κ2) is 10.9. The molecule has 1 N–H and O–H groups in total. The number of ether oxygens (including phenoxy) is 1. The lowest BCUT2D eigenvalue weighted by molar-refractivity contribution is -0.140. The van der Waals surface area contributed by atoms with Gasteiger partial charge in [0, 0.05) is 5.92 Å². The molecule has 0 saturated carbocycles. The number of halogens is 2. The number of hydrogen-bond donors (Lipinski definition) is 1. The fourth-order valence-electron chi connectivity index (χ4n) is 1.83. The minimum absolute atomic E-state index is 0.117. The van der Waals surface area contributed by atoms with Gasteiger partial charge in [0.25, 0.3) is 0 Å². The lowest BCUT2D eigenvalue weighted by atomic mass is 9.96. The molecule has 0 fully saturated rings. The number of carbonyl (C=O) groups excluding carboxylic acids is 1. The topological polar surface area (TPSA) is 46.5 Å². The highest BCUT2D eigenvalue weighted by atomic mass is 127. The van der Waals surface area contributed by atoms with E-state index in [9.17, 15) is 14.3 Å². The highest BCUT2D eigenvalue weighted by molar-refractivity contribution is 14.1. The van der Waals surface area contributed by atoms with Gasteiger partial charge >= 0.3 is 5.97 Å². The van der Waals surface area contributed by atoms with Crippen molar-refractivity contribution in [1.29, 1.82) is 0 Å². The minimum atomic E-state index is -0.957. The summed E-state index contributed by atoms with van der Waals surface area (Å²) in [5, 5.41) is 10.1. The summed E-state index contributed by atoms with van der Waals surface area (Å²) in [5.74, 6) is -1.99. The summed E-state index contributed by atoms with van der Waals surface area (Å²) in [6.45, 7) is 9.43. The van der Waals surface area contributed by atoms with Crippen LogP contribution in [-0.2, 0) is 9.53 Å². The summed E-state index contributed by atoms with van der Waals surface area (Å²) >= 11 is 2.27. The minimum Gasteiger partial charge on any atom is -0.461 e. The molecule has 2 unspecified atom stereocenters. The Hall–Kier alpha value is -0.690. The molecule has 126 valence electrons. The summed E-state index contributed by atoms with van der Waals surface area (Å²) in [4.78, 5) is 11.2. The van der Waals surface area contributed by atoms with Gasteiger partial charge in [-0.3, -0.25) is 0 Å². The molecular formula is C17H26FIO3. The second-order valence-corrected chi connectivity index (χ2v) is 7.02. The Kier molecular flexibility index (Phi) is 10.6. The highest BCUT2D eigenvalue weighted by Gasteiger charge is 2.13. The summed E-state index contributed by atoms with van der Waals surface area (Å²) in [7, 11) is 0. The third-order valence-corrected chi connectivity index (χ3v) is 4.28. The van der Waals surface area contributed by atoms with Gasteiger partial charge in [0.2, 0.25) is 5.83 Å². The summed E-state index contributed by atoms with van der Waals surface area (Å²) < 4.78 is 19.3. The molecule has 0 spiro atoms. The molecule has 0 amide bonds. The van der Waals surface area contributed by atoms with Crippen molar-refractivity contribution in [1.82, 2.24) is 0 Å². The molecule has 0 aromatic carbocycles. The van der Waals surface area contributed by atoms with E-state index in [1.165, 1.54) is 9.15 Å². The third-order valence-electron chi connectivity index (χ3n) is 3.36. The Morgan fingerprint density at radius 1 is 1.36 bits per heavy atom. The van der Waals surface area contributed by atoms with Crippen LogP contribution in [0.15, 0.2) is 32.7 Å². The van der Waals surface area contributed by atoms with Crippen molar-refractivity contribution in [2.75, 3.05) is 6.61 Å². The van der Waals surface area contributed by atoms with Crippen LogP contribution in [0.5, 0.6) is 0 Å². The van der Waals surface area contributed by atoms with E-state index in [0.29, 0.717) is 12.0 Å². The van der Waals surface area contributed by atoms with Gasteiger partial charge in [-0.15, -0.1) is 0 Å². The van der Waals surface area contributed by atoms with Crippen molar-refractivity contribution in [3.63, 3.8) is 0 Å². The van der Waals surface area contributed by atoms with Crippen LogP contribution in [0.2, 0.25) is 0 Å². The van der Waals surface area contributed by atoms with Crippen LogP contribution in [0.4, 0.5) is 4.39 Å². The maximum atomic E-state index is 13.5. The standard InChI is InChI=1S/C17H26FIO3/c1-6-22-17(21)15(18)10-11(2)9-13(4)16(20)8-7-12(3)14(5)19/h9-10,13,16,20H,6-8H2,1-5H3/b11-9+,14-12-,15-10-. The number of rotatable bonds is 8. The van der Waals surface area contributed by atoms with E-state index in [2.05, 4.69) is 34.3 Å². The Balaban J connectivity index is 4.66. The number of carbonyl (C=O) groups is 1. The molecule has 0 rings (SSSR count). The molecule has 0 radical (unpaired) electrons. The molecule has 0 aliphatic carbocycles. The predicted molar refractivity (Wildman–Crippen MR) is 96.4 cm³/mol. The Morgan fingerprint density at radius 3 is 2.45 bits per heavy atom. The molecule has 0 bridgehead atoms. The first kappa shape index (κ1) is 21.3. The Bertz CT molecular complexity index is 463. The molecule has 0 aromatic rings. The van der Waals surface area contributed by atoms with Crippen molar-refractivity contribution in [3.05, 3.63) is 32.7 Å². The van der Waals surface area contributed by atoms with E-state index in [1.54, 1.807) is 19.9 Å². The Labute approximate surface area is 146 Å². The van der Waals surface area contributed by atoms with Crippen LogP contribution >= 0.6 is 22.6 Å². The number of aliphatic hydroxyl groups is 1. The molecule has 5 heteroatoms. The van der Waals surface area contributed by atoms with Crippen LogP contribution in [-0.4, -0.2) is 23.8 Å². The van der Waals surface area contributed by atoms with Crippen LogP contribution in [0, 0.1) is 5.92 Å². The first-order valence-corrected chi connectivity index (χ1v) is 8.49. The largest absolute Gasteiger partial charge is 0.461 e. The molecule has 0 aromatic heterocycles. The zero-order chi connectivity index (χ0) is 17.3. The number of aliphatic hydroxyl groups excluding tert-OH is 1. The lowest BCUT2D eigenvalue weighted by Gasteiger charge is -2.16. The van der Waals surface area contributed by atoms with Crippen molar-refractivity contribution >= 4 is 28.6 Å². The number of hydrogen-bond acceptors (Lipinski definition) is 3. The number of esters is 1. The van der Waals surface area contributed by atoms with E-state index < -0.39 is 17.9 Å². The molecule has 2 atom stereocenters. The van der Waals surface area contributed by atoms with E-state index >= 15 is 0 Å². The van der Waals surface area contributed by atoms with Crippen LogP contribution in [0.3, 0.4) is 0 Å².